The molecule has 2 heterocycles. The van der Waals surface area contributed by atoms with E-state index in [1.807, 2.05) is 32.7 Å². The minimum Gasteiger partial charge on any atom is -0.466 e. The molecule has 1 aromatic heterocycles. The molecule has 20 heavy (non-hydrogen) atoms. The molecule has 1 amide bonds. The largest absolute Gasteiger partial charge is 0.466 e. The maximum absolute atomic E-state index is 12.8. The predicted octanol–water partition coefficient (Wildman–Crippen LogP) is 2.66. The van der Waals surface area contributed by atoms with Gasteiger partial charge in [-0.15, -0.1) is 0 Å². The number of likely N-dealkylation sites (tertiary alicyclic amines) is 1. The second kappa shape index (κ2) is 6.00. The second-order valence-electron chi connectivity index (χ2n) is 5.82. The highest BCUT2D eigenvalue weighted by atomic mass is 16.3. The van der Waals surface area contributed by atoms with Crippen LogP contribution in [0.2, 0.25) is 0 Å². The molecule has 1 N–H and O–H groups in total. The Kier molecular flexibility index (Phi) is 4.53. The van der Waals surface area contributed by atoms with Crippen molar-refractivity contribution in [2.45, 2.75) is 46.6 Å². The molecule has 0 aromatic carbocycles. The Bertz CT molecular complexity index is 493. The first-order valence-electron chi connectivity index (χ1n) is 7.52. The second-order valence-corrected chi connectivity index (χ2v) is 5.82. The van der Waals surface area contributed by atoms with Gasteiger partial charge in [-0.3, -0.25) is 4.79 Å². The highest BCUT2D eigenvalue weighted by Gasteiger charge is 2.32. The van der Waals surface area contributed by atoms with Crippen LogP contribution >= 0.6 is 0 Å². The Labute approximate surface area is 121 Å². The van der Waals surface area contributed by atoms with Gasteiger partial charge < -0.3 is 14.6 Å². The van der Waals surface area contributed by atoms with Gasteiger partial charge in [0.05, 0.1) is 5.56 Å². The Balaban J connectivity index is 2.18. The van der Waals surface area contributed by atoms with Crippen molar-refractivity contribution in [3.8, 4) is 0 Å². The van der Waals surface area contributed by atoms with E-state index in [1.165, 1.54) is 0 Å². The van der Waals surface area contributed by atoms with Crippen LogP contribution in [0.3, 0.4) is 0 Å². The number of carbonyl (C=O) groups is 1. The number of carbonyl (C=O) groups excluding carboxylic acids is 1. The van der Waals surface area contributed by atoms with Crippen molar-refractivity contribution >= 4 is 5.91 Å². The van der Waals surface area contributed by atoms with Gasteiger partial charge in [0.2, 0.25) is 0 Å². The summed E-state index contributed by atoms with van der Waals surface area (Å²) < 4.78 is 5.59. The normalized spacial score (nSPS) is 23.1. The maximum atomic E-state index is 12.8. The third-order valence-electron chi connectivity index (χ3n) is 4.69. The van der Waals surface area contributed by atoms with E-state index in [1.54, 1.807) is 0 Å². The van der Waals surface area contributed by atoms with Gasteiger partial charge in [-0.05, 0) is 40.2 Å². The summed E-state index contributed by atoms with van der Waals surface area (Å²) in [5, 5.41) is 3.37. The summed E-state index contributed by atoms with van der Waals surface area (Å²) in [6, 6.07) is 0.525. The van der Waals surface area contributed by atoms with E-state index in [-0.39, 0.29) is 5.91 Å². The monoisotopic (exact) mass is 278 g/mol. The number of nitrogens with zero attached hydrogens (tertiary/aromatic N) is 1. The molecule has 0 spiro atoms. The van der Waals surface area contributed by atoms with Crippen LogP contribution in [0.1, 0.15) is 47.2 Å². The van der Waals surface area contributed by atoms with Gasteiger partial charge in [0.1, 0.15) is 11.5 Å². The first-order valence-corrected chi connectivity index (χ1v) is 7.52. The quantitative estimate of drug-likeness (QED) is 0.924. The van der Waals surface area contributed by atoms with Crippen molar-refractivity contribution < 1.29 is 9.21 Å². The lowest BCUT2D eigenvalue weighted by Crippen LogP contribution is -2.50. The topological polar surface area (TPSA) is 45.5 Å². The number of nitrogens with one attached hydrogen (secondary N) is 1. The molecule has 1 aliphatic heterocycles. The fourth-order valence-corrected chi connectivity index (χ4v) is 3.28. The van der Waals surface area contributed by atoms with Crippen LogP contribution in [-0.4, -0.2) is 37.0 Å². The number of furan rings is 1. The molecule has 2 atom stereocenters. The van der Waals surface area contributed by atoms with Crippen molar-refractivity contribution in [3.63, 3.8) is 0 Å². The van der Waals surface area contributed by atoms with Crippen LogP contribution in [0.5, 0.6) is 0 Å². The van der Waals surface area contributed by atoms with Gasteiger partial charge >= 0.3 is 0 Å². The molecule has 2 rings (SSSR count). The van der Waals surface area contributed by atoms with Crippen LogP contribution < -0.4 is 5.32 Å². The zero-order valence-electron chi connectivity index (χ0n) is 13.2. The summed E-state index contributed by atoms with van der Waals surface area (Å²) in [4.78, 5) is 14.7. The molecule has 0 radical (unpaired) electrons. The summed E-state index contributed by atoms with van der Waals surface area (Å²) in [6.07, 6.45) is 2.12. The molecule has 4 nitrogen and oxygen atoms in total. The molecule has 1 saturated heterocycles. The van der Waals surface area contributed by atoms with Crippen molar-refractivity contribution in [3.05, 3.63) is 22.6 Å². The number of aryl methyl sites for hydroxylation is 2. The Morgan fingerprint density at radius 2 is 2.05 bits per heavy atom. The molecule has 0 aliphatic carbocycles. The number of piperidine rings is 1. The van der Waals surface area contributed by atoms with Gasteiger partial charge in [-0.1, -0.05) is 13.3 Å². The average Bonchev–Trinajstić information content (AvgIpc) is 2.70. The first kappa shape index (κ1) is 15.1. The van der Waals surface area contributed by atoms with Crippen molar-refractivity contribution in [2.75, 3.05) is 20.1 Å². The van der Waals surface area contributed by atoms with Crippen molar-refractivity contribution in [1.82, 2.24) is 10.2 Å². The van der Waals surface area contributed by atoms with Gasteiger partial charge in [0.25, 0.3) is 5.91 Å². The molecule has 0 bridgehead atoms. The Hall–Kier alpha value is -1.29. The molecule has 1 aromatic rings. The van der Waals surface area contributed by atoms with Crippen LogP contribution in [0, 0.1) is 26.7 Å². The van der Waals surface area contributed by atoms with Crippen molar-refractivity contribution in [2.24, 2.45) is 5.92 Å². The summed E-state index contributed by atoms with van der Waals surface area (Å²) >= 11 is 0. The predicted molar refractivity (Wildman–Crippen MR) is 80.1 cm³/mol. The minimum absolute atomic E-state index is 0.129. The lowest BCUT2D eigenvalue weighted by Gasteiger charge is -2.38. The van der Waals surface area contributed by atoms with Crippen LogP contribution in [-0.2, 0) is 0 Å². The fourth-order valence-electron chi connectivity index (χ4n) is 3.28. The van der Waals surface area contributed by atoms with Crippen LogP contribution in [0.25, 0.3) is 0 Å². The van der Waals surface area contributed by atoms with E-state index in [9.17, 15) is 4.79 Å². The Morgan fingerprint density at radius 1 is 1.35 bits per heavy atom. The summed E-state index contributed by atoms with van der Waals surface area (Å²) in [7, 11) is 2.01. The highest BCUT2D eigenvalue weighted by molar-refractivity contribution is 5.97. The van der Waals surface area contributed by atoms with E-state index in [2.05, 4.69) is 12.2 Å². The summed E-state index contributed by atoms with van der Waals surface area (Å²) in [5.41, 5.74) is 1.75. The fraction of sp³-hybridized carbons (Fsp3) is 0.688. The van der Waals surface area contributed by atoms with Gasteiger partial charge in [-0.2, -0.15) is 0 Å². The number of hydrogen-bond donors (Lipinski definition) is 1. The molecule has 4 heteroatoms. The van der Waals surface area contributed by atoms with Crippen LogP contribution in [0.4, 0.5) is 0 Å². The first-order chi connectivity index (χ1) is 9.49. The van der Waals surface area contributed by atoms with Crippen molar-refractivity contribution in [1.29, 1.82) is 0 Å². The molecular weight excluding hydrogens is 252 g/mol. The number of amides is 1. The lowest BCUT2D eigenvalue weighted by atomic mass is 9.89. The lowest BCUT2D eigenvalue weighted by molar-refractivity contribution is 0.0629. The van der Waals surface area contributed by atoms with Crippen LogP contribution in [0.15, 0.2) is 4.42 Å². The zero-order valence-corrected chi connectivity index (χ0v) is 13.2. The van der Waals surface area contributed by atoms with Gasteiger partial charge in [0, 0.05) is 24.7 Å². The molecular formula is C16H26N2O2. The number of hydrogen-bond acceptors (Lipinski definition) is 3. The van der Waals surface area contributed by atoms with E-state index in [4.69, 9.17) is 4.42 Å². The van der Waals surface area contributed by atoms with E-state index >= 15 is 0 Å². The van der Waals surface area contributed by atoms with E-state index in [0.29, 0.717) is 12.0 Å². The maximum Gasteiger partial charge on any atom is 0.257 e. The highest BCUT2D eigenvalue weighted by Crippen LogP contribution is 2.26. The minimum atomic E-state index is 0.129. The molecule has 1 fully saturated rings. The summed E-state index contributed by atoms with van der Waals surface area (Å²) in [6.45, 7) is 9.62. The third kappa shape index (κ3) is 2.62. The molecule has 1 aliphatic rings. The molecule has 0 saturated carbocycles. The molecule has 112 valence electrons. The Morgan fingerprint density at radius 3 is 2.55 bits per heavy atom. The molecule has 2 unspecified atom stereocenters. The summed E-state index contributed by atoms with van der Waals surface area (Å²) in [5.74, 6) is 2.26. The third-order valence-corrected chi connectivity index (χ3v) is 4.69. The SMILES string of the molecule is CCC1CN(C(=O)c2c(C)oc(C)c2C)CCC1NC. The van der Waals surface area contributed by atoms with E-state index in [0.717, 1.165) is 48.6 Å². The average molecular weight is 278 g/mol. The van der Waals surface area contributed by atoms with Gasteiger partial charge in [0.15, 0.2) is 0 Å². The zero-order chi connectivity index (χ0) is 14.9. The standard InChI is InChI=1S/C16H26N2O2/c1-6-13-9-18(8-7-14(13)17-5)16(19)15-10(2)11(3)20-12(15)4/h13-14,17H,6-9H2,1-5H3. The number of rotatable bonds is 3. The van der Waals surface area contributed by atoms with Gasteiger partial charge in [-0.25, -0.2) is 0 Å². The smallest absolute Gasteiger partial charge is 0.257 e. The van der Waals surface area contributed by atoms with E-state index < -0.39 is 0 Å².